The second kappa shape index (κ2) is 9.03. The number of aromatic nitrogens is 1. The largest absolute Gasteiger partial charge is 0.506 e. The molecule has 1 N–H and O–H groups in total. The Morgan fingerprint density at radius 1 is 1.21 bits per heavy atom. The molecule has 0 amide bonds. The average molecular weight is 433 g/mol. The van der Waals surface area contributed by atoms with E-state index in [0.29, 0.717) is 5.69 Å². The van der Waals surface area contributed by atoms with Crippen LogP contribution in [-0.2, 0) is 9.53 Å². The standard InChI is InChI=1S/C21H15Cl2FN2O3/c1-2-29-21(28)15(18(27)14-10-16(24)20(23)26-19(14)22)11-25-17-9-5-7-12-6-3-4-8-13(12)17/h3-11,27H,2H2,1H3/b18-15+,25-11?. The molecule has 0 radical (unpaired) electrons. The number of pyridine rings is 1. The molecule has 0 spiro atoms. The summed E-state index contributed by atoms with van der Waals surface area (Å²) in [5.74, 6) is -2.37. The van der Waals surface area contributed by atoms with Gasteiger partial charge in [-0.1, -0.05) is 59.6 Å². The third-order valence-corrected chi connectivity index (χ3v) is 4.54. The fourth-order valence-corrected chi connectivity index (χ4v) is 3.04. The van der Waals surface area contributed by atoms with Crippen LogP contribution in [0, 0.1) is 5.82 Å². The Morgan fingerprint density at radius 3 is 2.69 bits per heavy atom. The molecule has 0 aliphatic carbocycles. The Morgan fingerprint density at radius 2 is 1.93 bits per heavy atom. The molecule has 0 atom stereocenters. The van der Waals surface area contributed by atoms with Crippen LogP contribution in [0.5, 0.6) is 0 Å². The fraction of sp³-hybridized carbons (Fsp3) is 0.0952. The van der Waals surface area contributed by atoms with Crippen LogP contribution < -0.4 is 0 Å². The quantitative estimate of drug-likeness (QED) is 0.178. The van der Waals surface area contributed by atoms with Gasteiger partial charge in [0, 0.05) is 11.6 Å². The van der Waals surface area contributed by atoms with Crippen molar-refractivity contribution >= 4 is 57.6 Å². The summed E-state index contributed by atoms with van der Waals surface area (Å²) in [5.41, 5.74) is 0.0652. The predicted molar refractivity (Wildman–Crippen MR) is 112 cm³/mol. The zero-order chi connectivity index (χ0) is 21.0. The highest BCUT2D eigenvalue weighted by Gasteiger charge is 2.20. The Kier molecular flexibility index (Phi) is 6.46. The third-order valence-electron chi connectivity index (χ3n) is 3.99. The minimum atomic E-state index is -0.896. The molecule has 3 aromatic rings. The Balaban J connectivity index is 2.13. The summed E-state index contributed by atoms with van der Waals surface area (Å²) in [6, 6.07) is 14.0. The van der Waals surface area contributed by atoms with E-state index >= 15 is 0 Å². The minimum absolute atomic E-state index is 0.0681. The molecular weight excluding hydrogens is 418 g/mol. The Labute approximate surface area is 176 Å². The normalized spacial score (nSPS) is 12.3. The molecule has 148 valence electrons. The highest BCUT2D eigenvalue weighted by atomic mass is 35.5. The van der Waals surface area contributed by atoms with Crippen molar-refractivity contribution in [2.75, 3.05) is 6.61 Å². The van der Waals surface area contributed by atoms with Gasteiger partial charge in [-0.25, -0.2) is 14.2 Å². The maximum absolute atomic E-state index is 13.8. The second-order valence-electron chi connectivity index (χ2n) is 5.84. The van der Waals surface area contributed by atoms with Crippen LogP contribution in [0.1, 0.15) is 12.5 Å². The lowest BCUT2D eigenvalue weighted by atomic mass is 10.1. The first-order valence-electron chi connectivity index (χ1n) is 8.56. The number of carbonyl (C=O) groups is 1. The van der Waals surface area contributed by atoms with E-state index in [1.807, 2.05) is 36.4 Å². The number of benzene rings is 2. The van der Waals surface area contributed by atoms with E-state index in [2.05, 4.69) is 9.98 Å². The van der Waals surface area contributed by atoms with E-state index in [1.54, 1.807) is 13.0 Å². The molecule has 0 fully saturated rings. The number of rotatable bonds is 5. The molecule has 1 aromatic heterocycles. The molecule has 8 heteroatoms. The number of hydrogen-bond donors (Lipinski definition) is 1. The number of carbonyl (C=O) groups excluding carboxylic acids is 1. The highest BCUT2D eigenvalue weighted by molar-refractivity contribution is 6.34. The van der Waals surface area contributed by atoms with Crippen LogP contribution in [0.2, 0.25) is 10.3 Å². The molecular formula is C21H15Cl2FN2O3. The van der Waals surface area contributed by atoms with Crippen molar-refractivity contribution in [3.63, 3.8) is 0 Å². The zero-order valence-corrected chi connectivity index (χ0v) is 16.7. The topological polar surface area (TPSA) is 71.8 Å². The number of aliphatic hydroxyl groups is 1. The highest BCUT2D eigenvalue weighted by Crippen LogP contribution is 2.29. The molecule has 2 aromatic carbocycles. The minimum Gasteiger partial charge on any atom is -0.506 e. The first-order chi connectivity index (χ1) is 13.9. The van der Waals surface area contributed by atoms with Crippen LogP contribution in [0.3, 0.4) is 0 Å². The number of nitrogens with zero attached hydrogens (tertiary/aromatic N) is 2. The number of aliphatic hydroxyl groups excluding tert-OH is 1. The van der Waals surface area contributed by atoms with Gasteiger partial charge in [-0.05, 0) is 24.4 Å². The number of ether oxygens (including phenoxy) is 1. The SMILES string of the molecule is CCOC(=O)/C(C=Nc1cccc2ccccc12)=C(/O)c1cc(F)c(Cl)nc1Cl. The van der Waals surface area contributed by atoms with Crippen LogP contribution in [0.25, 0.3) is 16.5 Å². The molecule has 0 aliphatic heterocycles. The van der Waals surface area contributed by atoms with E-state index in [9.17, 15) is 14.3 Å². The lowest BCUT2D eigenvalue weighted by molar-refractivity contribution is -0.137. The van der Waals surface area contributed by atoms with Gasteiger partial charge in [-0.15, -0.1) is 0 Å². The van der Waals surface area contributed by atoms with Crippen molar-refractivity contribution in [3.8, 4) is 0 Å². The zero-order valence-electron chi connectivity index (χ0n) is 15.2. The molecule has 0 saturated carbocycles. The van der Waals surface area contributed by atoms with Gasteiger partial charge in [0.15, 0.2) is 11.0 Å². The van der Waals surface area contributed by atoms with Crippen molar-refractivity contribution in [3.05, 3.63) is 75.8 Å². The lowest BCUT2D eigenvalue weighted by Crippen LogP contribution is -2.11. The number of halogens is 3. The Hall–Kier alpha value is -2.96. The van der Waals surface area contributed by atoms with Crippen LogP contribution in [0.4, 0.5) is 10.1 Å². The van der Waals surface area contributed by atoms with Crippen molar-refractivity contribution < 1.29 is 19.0 Å². The second-order valence-corrected chi connectivity index (χ2v) is 6.55. The van der Waals surface area contributed by atoms with Crippen molar-refractivity contribution in [2.45, 2.75) is 6.92 Å². The van der Waals surface area contributed by atoms with E-state index in [0.717, 1.165) is 23.1 Å². The van der Waals surface area contributed by atoms with E-state index in [1.165, 1.54) is 0 Å². The molecule has 0 saturated heterocycles. The summed E-state index contributed by atoms with van der Waals surface area (Å²) in [5, 5.41) is 11.7. The summed E-state index contributed by atoms with van der Waals surface area (Å²) in [4.78, 5) is 20.3. The molecule has 3 rings (SSSR count). The number of fused-ring (bicyclic) bond motifs is 1. The summed E-state index contributed by atoms with van der Waals surface area (Å²) in [6.07, 6.45) is 1.15. The van der Waals surface area contributed by atoms with Gasteiger partial charge in [0.2, 0.25) is 0 Å². The van der Waals surface area contributed by atoms with Crippen molar-refractivity contribution in [1.29, 1.82) is 0 Å². The van der Waals surface area contributed by atoms with Crippen LogP contribution >= 0.6 is 23.2 Å². The van der Waals surface area contributed by atoms with Gasteiger partial charge < -0.3 is 9.84 Å². The first kappa shape index (κ1) is 20.8. The molecule has 1 heterocycles. The van der Waals surface area contributed by atoms with E-state index in [4.69, 9.17) is 27.9 Å². The van der Waals surface area contributed by atoms with Crippen molar-refractivity contribution in [2.24, 2.45) is 4.99 Å². The van der Waals surface area contributed by atoms with Gasteiger partial charge in [-0.2, -0.15) is 0 Å². The molecule has 0 aliphatic rings. The number of hydrogen-bond acceptors (Lipinski definition) is 5. The number of aliphatic imine (C=N–C) groups is 1. The third kappa shape index (κ3) is 4.55. The van der Waals surface area contributed by atoms with Crippen LogP contribution in [-0.4, -0.2) is 28.9 Å². The van der Waals surface area contributed by atoms with Crippen LogP contribution in [0.15, 0.2) is 59.1 Å². The average Bonchev–Trinajstić information content (AvgIpc) is 2.71. The van der Waals surface area contributed by atoms with Gasteiger partial charge in [0.1, 0.15) is 16.5 Å². The summed E-state index contributed by atoms with van der Waals surface area (Å²) >= 11 is 11.6. The smallest absolute Gasteiger partial charge is 0.343 e. The molecule has 5 nitrogen and oxygen atoms in total. The number of esters is 1. The monoisotopic (exact) mass is 432 g/mol. The van der Waals surface area contributed by atoms with E-state index in [-0.39, 0.29) is 22.9 Å². The molecule has 0 unspecified atom stereocenters. The summed E-state index contributed by atoms with van der Waals surface area (Å²) < 4.78 is 18.8. The summed E-state index contributed by atoms with van der Waals surface area (Å²) in [7, 11) is 0. The van der Waals surface area contributed by atoms with Gasteiger partial charge in [-0.3, -0.25) is 4.99 Å². The van der Waals surface area contributed by atoms with E-state index < -0.39 is 22.7 Å². The summed E-state index contributed by atoms with van der Waals surface area (Å²) in [6.45, 7) is 1.68. The predicted octanol–water partition coefficient (Wildman–Crippen LogP) is 5.92. The van der Waals surface area contributed by atoms with Gasteiger partial charge in [0.25, 0.3) is 0 Å². The lowest BCUT2D eigenvalue weighted by Gasteiger charge is -2.09. The maximum Gasteiger partial charge on any atom is 0.343 e. The maximum atomic E-state index is 13.8. The van der Waals surface area contributed by atoms with Crippen molar-refractivity contribution in [1.82, 2.24) is 4.98 Å². The fourth-order valence-electron chi connectivity index (χ4n) is 2.63. The molecule has 29 heavy (non-hydrogen) atoms. The van der Waals surface area contributed by atoms with Gasteiger partial charge >= 0.3 is 5.97 Å². The Bertz CT molecular complexity index is 1140. The first-order valence-corrected chi connectivity index (χ1v) is 9.32. The molecule has 0 bridgehead atoms. The van der Waals surface area contributed by atoms with Gasteiger partial charge in [0.05, 0.1) is 17.9 Å².